The minimum absolute atomic E-state index is 0.278. The van der Waals surface area contributed by atoms with Crippen LogP contribution in [-0.4, -0.2) is 15.9 Å². The molecule has 0 saturated heterocycles. The summed E-state index contributed by atoms with van der Waals surface area (Å²) in [5, 5.41) is 5.99. The molecule has 0 bridgehead atoms. The molecule has 0 fully saturated rings. The Hall–Kier alpha value is -2.73. The average Bonchev–Trinajstić information content (AvgIpc) is 2.57. The van der Waals surface area contributed by atoms with Crippen molar-refractivity contribution in [2.24, 2.45) is 0 Å². The first-order valence-corrected chi connectivity index (χ1v) is 8.55. The van der Waals surface area contributed by atoms with Crippen LogP contribution in [-0.2, 0) is 0 Å². The predicted molar refractivity (Wildman–Crippen MR) is 103 cm³/mol. The molecule has 2 aromatic carbocycles. The summed E-state index contributed by atoms with van der Waals surface area (Å²) in [4.78, 5) is 20.9. The summed E-state index contributed by atoms with van der Waals surface area (Å²) < 4.78 is 0.967. The van der Waals surface area contributed by atoms with Gasteiger partial charge in [-0.25, -0.2) is 9.97 Å². The van der Waals surface area contributed by atoms with E-state index in [1.54, 1.807) is 12.3 Å². The van der Waals surface area contributed by atoms with Crippen molar-refractivity contribution in [1.29, 1.82) is 0 Å². The van der Waals surface area contributed by atoms with Crippen LogP contribution in [0.1, 0.15) is 21.6 Å². The monoisotopic (exact) mass is 396 g/mol. The van der Waals surface area contributed by atoms with Gasteiger partial charge in [-0.15, -0.1) is 0 Å². The van der Waals surface area contributed by atoms with E-state index in [9.17, 15) is 4.79 Å². The van der Waals surface area contributed by atoms with Gasteiger partial charge in [0.05, 0.1) is 0 Å². The third kappa shape index (κ3) is 4.42. The largest absolute Gasteiger partial charge is 0.324 e. The highest BCUT2D eigenvalue weighted by molar-refractivity contribution is 9.10. The van der Waals surface area contributed by atoms with Gasteiger partial charge in [-0.1, -0.05) is 28.1 Å². The lowest BCUT2D eigenvalue weighted by Gasteiger charge is -2.10. The fraction of sp³-hybridized carbons (Fsp3) is 0.105. The second-order valence-electron chi connectivity index (χ2n) is 5.67. The van der Waals surface area contributed by atoms with Gasteiger partial charge in [0.1, 0.15) is 5.69 Å². The van der Waals surface area contributed by atoms with Gasteiger partial charge in [0.15, 0.2) is 0 Å². The number of aryl methyl sites for hydroxylation is 2. The van der Waals surface area contributed by atoms with E-state index in [4.69, 9.17) is 0 Å². The SMILES string of the molecule is Cc1cccc(Nc2nccc(C(=O)Nc3ccc(Br)cc3C)n2)c1. The topological polar surface area (TPSA) is 66.9 Å². The molecule has 6 heteroatoms. The molecule has 1 aromatic heterocycles. The van der Waals surface area contributed by atoms with Crippen LogP contribution in [0.3, 0.4) is 0 Å². The quantitative estimate of drug-likeness (QED) is 0.661. The highest BCUT2D eigenvalue weighted by atomic mass is 79.9. The van der Waals surface area contributed by atoms with Crippen LogP contribution in [0.15, 0.2) is 59.2 Å². The minimum atomic E-state index is -0.278. The lowest BCUT2D eigenvalue weighted by Crippen LogP contribution is -2.15. The number of hydrogen-bond acceptors (Lipinski definition) is 4. The van der Waals surface area contributed by atoms with Crippen molar-refractivity contribution in [3.8, 4) is 0 Å². The molecule has 5 nitrogen and oxygen atoms in total. The summed E-state index contributed by atoms with van der Waals surface area (Å²) in [6.07, 6.45) is 1.56. The molecule has 0 aliphatic rings. The van der Waals surface area contributed by atoms with Crippen LogP contribution in [0.4, 0.5) is 17.3 Å². The van der Waals surface area contributed by atoms with Gasteiger partial charge < -0.3 is 10.6 Å². The third-order valence-electron chi connectivity index (χ3n) is 3.60. The molecule has 3 aromatic rings. The van der Waals surface area contributed by atoms with Crippen molar-refractivity contribution in [2.75, 3.05) is 10.6 Å². The third-order valence-corrected chi connectivity index (χ3v) is 4.09. The minimum Gasteiger partial charge on any atom is -0.324 e. The van der Waals surface area contributed by atoms with Gasteiger partial charge in [-0.2, -0.15) is 0 Å². The number of benzene rings is 2. The van der Waals surface area contributed by atoms with E-state index in [0.29, 0.717) is 11.6 Å². The molecule has 0 radical (unpaired) electrons. The van der Waals surface area contributed by atoms with Gasteiger partial charge in [0, 0.05) is 22.0 Å². The van der Waals surface area contributed by atoms with E-state index in [0.717, 1.165) is 27.0 Å². The van der Waals surface area contributed by atoms with Gasteiger partial charge in [0.2, 0.25) is 5.95 Å². The fourth-order valence-electron chi connectivity index (χ4n) is 2.35. The number of halogens is 1. The lowest BCUT2D eigenvalue weighted by atomic mass is 10.2. The normalized spacial score (nSPS) is 10.4. The highest BCUT2D eigenvalue weighted by Crippen LogP contribution is 2.21. The molecule has 25 heavy (non-hydrogen) atoms. The number of nitrogens with zero attached hydrogens (tertiary/aromatic N) is 2. The predicted octanol–water partition coefficient (Wildman–Crippen LogP) is 4.85. The van der Waals surface area contributed by atoms with Gasteiger partial charge in [0.25, 0.3) is 5.91 Å². The number of amides is 1. The first kappa shape index (κ1) is 17.1. The van der Waals surface area contributed by atoms with Gasteiger partial charge in [-0.05, 0) is 61.4 Å². The summed E-state index contributed by atoms with van der Waals surface area (Å²) in [5.41, 5.74) is 4.02. The fourth-order valence-corrected chi connectivity index (χ4v) is 2.83. The smallest absolute Gasteiger partial charge is 0.274 e. The average molecular weight is 397 g/mol. The molecule has 2 N–H and O–H groups in total. The van der Waals surface area contributed by atoms with Crippen molar-refractivity contribution >= 4 is 39.2 Å². The Balaban J connectivity index is 1.77. The molecular formula is C19H17BrN4O. The number of nitrogens with one attached hydrogen (secondary N) is 2. The summed E-state index contributed by atoms with van der Waals surface area (Å²) in [6.45, 7) is 3.95. The van der Waals surface area contributed by atoms with Gasteiger partial charge >= 0.3 is 0 Å². The second-order valence-corrected chi connectivity index (χ2v) is 6.59. The Kier molecular flexibility index (Phi) is 5.09. The van der Waals surface area contributed by atoms with E-state index in [2.05, 4.69) is 36.5 Å². The first-order chi connectivity index (χ1) is 12.0. The lowest BCUT2D eigenvalue weighted by molar-refractivity contribution is 0.102. The van der Waals surface area contributed by atoms with Crippen LogP contribution in [0.2, 0.25) is 0 Å². The van der Waals surface area contributed by atoms with Crippen molar-refractivity contribution in [3.63, 3.8) is 0 Å². The Bertz CT molecular complexity index is 927. The van der Waals surface area contributed by atoms with E-state index in [1.807, 2.05) is 56.3 Å². The van der Waals surface area contributed by atoms with Crippen LogP contribution in [0.25, 0.3) is 0 Å². The van der Waals surface area contributed by atoms with Crippen molar-refractivity contribution in [2.45, 2.75) is 13.8 Å². The zero-order chi connectivity index (χ0) is 17.8. The van der Waals surface area contributed by atoms with E-state index >= 15 is 0 Å². The molecule has 1 amide bonds. The van der Waals surface area contributed by atoms with Gasteiger partial charge in [-0.3, -0.25) is 4.79 Å². The van der Waals surface area contributed by atoms with Crippen LogP contribution in [0, 0.1) is 13.8 Å². The maximum atomic E-state index is 12.5. The summed E-state index contributed by atoms with van der Waals surface area (Å²) >= 11 is 3.41. The number of rotatable bonds is 4. The maximum Gasteiger partial charge on any atom is 0.274 e. The summed E-state index contributed by atoms with van der Waals surface area (Å²) in [7, 11) is 0. The maximum absolute atomic E-state index is 12.5. The van der Waals surface area contributed by atoms with Crippen LogP contribution < -0.4 is 10.6 Å². The molecule has 0 unspecified atom stereocenters. The molecular weight excluding hydrogens is 380 g/mol. The standard InChI is InChI=1S/C19H17BrN4O/c1-12-4-3-5-15(10-12)22-19-21-9-8-17(24-19)18(25)23-16-7-6-14(20)11-13(16)2/h3-11H,1-2H3,(H,23,25)(H,21,22,24). The Morgan fingerprint density at radius 1 is 1.08 bits per heavy atom. The highest BCUT2D eigenvalue weighted by Gasteiger charge is 2.11. The number of aromatic nitrogens is 2. The van der Waals surface area contributed by atoms with E-state index in [1.165, 1.54) is 0 Å². The zero-order valence-electron chi connectivity index (χ0n) is 13.9. The van der Waals surface area contributed by atoms with E-state index in [-0.39, 0.29) is 5.91 Å². The molecule has 126 valence electrons. The summed E-state index contributed by atoms with van der Waals surface area (Å²) in [6, 6.07) is 15.1. The zero-order valence-corrected chi connectivity index (χ0v) is 15.5. The molecule has 0 atom stereocenters. The Morgan fingerprint density at radius 3 is 2.68 bits per heavy atom. The summed E-state index contributed by atoms with van der Waals surface area (Å²) in [5.74, 6) is 0.103. The second kappa shape index (κ2) is 7.44. The van der Waals surface area contributed by atoms with Crippen molar-refractivity contribution in [1.82, 2.24) is 9.97 Å². The number of anilines is 3. The first-order valence-electron chi connectivity index (χ1n) is 7.75. The van der Waals surface area contributed by atoms with Crippen LogP contribution in [0.5, 0.6) is 0 Å². The van der Waals surface area contributed by atoms with Crippen molar-refractivity contribution in [3.05, 3.63) is 76.0 Å². The number of carbonyl (C=O) groups excluding carboxylic acids is 1. The Morgan fingerprint density at radius 2 is 1.92 bits per heavy atom. The Labute approximate surface area is 154 Å². The van der Waals surface area contributed by atoms with Crippen molar-refractivity contribution < 1.29 is 4.79 Å². The number of hydrogen-bond donors (Lipinski definition) is 2. The molecule has 0 saturated carbocycles. The number of carbonyl (C=O) groups is 1. The van der Waals surface area contributed by atoms with E-state index < -0.39 is 0 Å². The molecule has 0 spiro atoms. The van der Waals surface area contributed by atoms with Crippen LogP contribution >= 0.6 is 15.9 Å². The molecule has 1 heterocycles. The molecule has 3 rings (SSSR count). The molecule has 0 aliphatic heterocycles. The molecule has 0 aliphatic carbocycles.